The van der Waals surface area contributed by atoms with Gasteiger partial charge in [-0.05, 0) is 55.5 Å². The molecule has 1 spiro atoms. The van der Waals surface area contributed by atoms with Crippen LogP contribution in [-0.4, -0.2) is 52.1 Å². The Bertz CT molecular complexity index is 1560. The highest BCUT2D eigenvalue weighted by atomic mass is 32.1. The van der Waals surface area contributed by atoms with E-state index in [1.807, 2.05) is 18.5 Å². The number of amides is 1. The summed E-state index contributed by atoms with van der Waals surface area (Å²) in [6, 6.07) is 6.75. The molecule has 3 aliphatic rings. The fourth-order valence-electron chi connectivity index (χ4n) is 6.06. The summed E-state index contributed by atoms with van der Waals surface area (Å²) in [5.74, 6) is -0.730. The summed E-state index contributed by atoms with van der Waals surface area (Å²) >= 11 is 1.59. The third-order valence-electron chi connectivity index (χ3n) is 7.95. The number of hydrogen-bond donors (Lipinski definition) is 1. The van der Waals surface area contributed by atoms with Crippen LogP contribution < -0.4 is 4.90 Å². The van der Waals surface area contributed by atoms with Crippen LogP contribution in [0.2, 0.25) is 0 Å². The van der Waals surface area contributed by atoms with Gasteiger partial charge in [-0.2, -0.15) is 5.26 Å². The average molecular weight is 528 g/mol. The predicted molar refractivity (Wildman–Crippen MR) is 145 cm³/mol. The van der Waals surface area contributed by atoms with Crippen molar-refractivity contribution in [2.24, 2.45) is 5.41 Å². The first kappa shape index (κ1) is 24.3. The molecule has 0 unspecified atom stereocenters. The minimum absolute atomic E-state index is 0.0507. The van der Waals surface area contributed by atoms with Crippen LogP contribution in [-0.2, 0) is 11.2 Å². The van der Waals surface area contributed by atoms with Crippen molar-refractivity contribution >= 4 is 34.7 Å². The van der Waals surface area contributed by atoms with Crippen molar-refractivity contribution < 1.29 is 14.3 Å². The molecule has 1 aromatic carbocycles. The zero-order chi connectivity index (χ0) is 26.6. The van der Waals surface area contributed by atoms with Crippen molar-refractivity contribution in [2.45, 2.75) is 26.2 Å². The molecule has 6 rings (SSSR count). The number of carbonyl (C=O) groups excluding carboxylic acids is 1. The van der Waals surface area contributed by atoms with Gasteiger partial charge < -0.3 is 14.9 Å². The second-order valence-electron chi connectivity index (χ2n) is 10.3. The second kappa shape index (κ2) is 9.07. The van der Waals surface area contributed by atoms with Gasteiger partial charge in [0, 0.05) is 42.7 Å². The summed E-state index contributed by atoms with van der Waals surface area (Å²) in [6.07, 6.45) is 5.59. The molecule has 1 aliphatic carbocycles. The fourth-order valence-corrected chi connectivity index (χ4v) is 6.91. The van der Waals surface area contributed by atoms with E-state index < -0.39 is 11.6 Å². The first-order chi connectivity index (χ1) is 18.3. The number of rotatable bonds is 4. The molecule has 1 N–H and O–H groups in total. The largest absolute Gasteiger partial charge is 0.504 e. The number of phenolic OH excluding ortho intramolecular Hbond substituents is 1. The molecule has 3 aromatic rings. The number of benzene rings is 1. The Morgan fingerprint density at radius 3 is 2.84 bits per heavy atom. The van der Waals surface area contributed by atoms with Gasteiger partial charge in [0.15, 0.2) is 11.6 Å². The Morgan fingerprint density at radius 2 is 2.13 bits per heavy atom. The first-order valence-corrected chi connectivity index (χ1v) is 13.4. The third kappa shape index (κ3) is 3.79. The molecule has 2 fully saturated rings. The van der Waals surface area contributed by atoms with E-state index in [2.05, 4.69) is 22.5 Å². The fraction of sp³-hybridized carbons (Fsp3) is 0.310. The van der Waals surface area contributed by atoms with E-state index in [1.165, 1.54) is 12.1 Å². The van der Waals surface area contributed by atoms with E-state index in [0.29, 0.717) is 55.1 Å². The van der Waals surface area contributed by atoms with Gasteiger partial charge in [-0.1, -0.05) is 18.7 Å². The van der Waals surface area contributed by atoms with Gasteiger partial charge in [0.2, 0.25) is 5.91 Å². The Morgan fingerprint density at radius 1 is 1.32 bits per heavy atom. The average Bonchev–Trinajstić information content (AvgIpc) is 3.54. The number of anilines is 1. The molecule has 0 radical (unpaired) electrons. The van der Waals surface area contributed by atoms with Gasteiger partial charge in [-0.15, -0.1) is 11.3 Å². The molecule has 2 saturated heterocycles. The van der Waals surface area contributed by atoms with Crippen molar-refractivity contribution in [3.8, 4) is 22.9 Å². The van der Waals surface area contributed by atoms with Gasteiger partial charge in [-0.25, -0.2) is 14.4 Å². The number of aryl methyl sites for hydroxylation is 1. The van der Waals surface area contributed by atoms with Crippen molar-refractivity contribution in [1.82, 2.24) is 14.9 Å². The highest BCUT2D eigenvalue weighted by molar-refractivity contribution is 7.11. The summed E-state index contributed by atoms with van der Waals surface area (Å²) < 4.78 is 14.5. The minimum atomic E-state index is -0.729. The number of fused-ring (bicyclic) bond motifs is 1. The lowest BCUT2D eigenvalue weighted by Gasteiger charge is -2.47. The second-order valence-corrected chi connectivity index (χ2v) is 11.2. The van der Waals surface area contributed by atoms with Crippen LogP contribution in [0.25, 0.3) is 22.8 Å². The van der Waals surface area contributed by atoms with Crippen LogP contribution >= 0.6 is 11.3 Å². The zero-order valence-corrected chi connectivity index (χ0v) is 21.8. The number of nitriles is 1. The monoisotopic (exact) mass is 527 g/mol. The lowest BCUT2D eigenvalue weighted by atomic mass is 9.79. The summed E-state index contributed by atoms with van der Waals surface area (Å²) in [6.45, 7) is 8.21. The predicted octanol–water partition coefficient (Wildman–Crippen LogP) is 4.94. The molecule has 1 amide bonds. The normalized spacial score (nSPS) is 17.6. The lowest BCUT2D eigenvalue weighted by molar-refractivity contribution is -0.136. The van der Waals surface area contributed by atoms with E-state index in [0.717, 1.165) is 40.2 Å². The highest BCUT2D eigenvalue weighted by Gasteiger charge is 2.49. The number of carbonyl (C=O) groups is 1. The minimum Gasteiger partial charge on any atom is -0.504 e. The Labute approximate surface area is 224 Å². The molecule has 2 aliphatic heterocycles. The standard InChI is InChI=1S/C29H26FN5O2S/c1-3-24(36)35-14-29(15-35)9-10-34(13-29)28-21(12-31)25(20-5-4-6-22(30)26(20)37)19-8-7-18(11-23(19)33-28)27-17(2)32-16-38-27/h3-6,11,16,37H,1,7-10,13-15H2,2H3. The Hall–Kier alpha value is -4.03. The summed E-state index contributed by atoms with van der Waals surface area (Å²) in [4.78, 5) is 26.5. The smallest absolute Gasteiger partial charge is 0.245 e. The molecular formula is C29H26FN5O2S. The molecule has 192 valence electrons. The summed E-state index contributed by atoms with van der Waals surface area (Å²) in [7, 11) is 0. The number of hydrogen-bond acceptors (Lipinski definition) is 7. The van der Waals surface area contributed by atoms with Crippen LogP contribution in [0.3, 0.4) is 0 Å². The van der Waals surface area contributed by atoms with E-state index >= 15 is 0 Å². The van der Waals surface area contributed by atoms with Gasteiger partial charge >= 0.3 is 0 Å². The van der Waals surface area contributed by atoms with Crippen molar-refractivity contribution in [3.63, 3.8) is 0 Å². The molecule has 4 heterocycles. The van der Waals surface area contributed by atoms with Gasteiger partial charge in [0.05, 0.1) is 21.8 Å². The first-order valence-electron chi connectivity index (χ1n) is 12.6. The molecule has 7 nitrogen and oxygen atoms in total. The molecule has 0 atom stereocenters. The highest BCUT2D eigenvalue weighted by Crippen LogP contribution is 2.47. The number of allylic oxidation sites excluding steroid dienone is 1. The maximum absolute atomic E-state index is 14.5. The quantitative estimate of drug-likeness (QED) is 0.483. The number of phenols is 1. The number of thiazole rings is 1. The number of pyridine rings is 1. The number of aromatic hydroxyl groups is 1. The number of likely N-dealkylation sites (tertiary alicyclic amines) is 1. The molecule has 9 heteroatoms. The zero-order valence-electron chi connectivity index (χ0n) is 21.0. The Kier molecular flexibility index (Phi) is 5.80. The van der Waals surface area contributed by atoms with Crippen molar-refractivity contribution in [1.29, 1.82) is 5.26 Å². The molecule has 38 heavy (non-hydrogen) atoms. The number of nitrogens with zero attached hydrogens (tertiary/aromatic N) is 5. The third-order valence-corrected chi connectivity index (χ3v) is 8.95. The van der Waals surface area contributed by atoms with E-state index in [9.17, 15) is 19.6 Å². The van der Waals surface area contributed by atoms with Gasteiger partial charge in [0.1, 0.15) is 17.5 Å². The van der Waals surface area contributed by atoms with E-state index in [1.54, 1.807) is 28.4 Å². The molecular weight excluding hydrogens is 501 g/mol. The number of para-hydroxylation sites is 1. The van der Waals surface area contributed by atoms with Crippen LogP contribution in [0.15, 0.2) is 36.4 Å². The van der Waals surface area contributed by atoms with E-state index in [4.69, 9.17) is 4.98 Å². The summed E-state index contributed by atoms with van der Waals surface area (Å²) in [5, 5.41) is 21.1. The van der Waals surface area contributed by atoms with Crippen molar-refractivity contribution in [2.75, 3.05) is 31.1 Å². The maximum atomic E-state index is 14.5. The Balaban J connectivity index is 1.48. The summed E-state index contributed by atoms with van der Waals surface area (Å²) in [5.41, 5.74) is 6.61. The van der Waals surface area contributed by atoms with Crippen LogP contribution in [0.5, 0.6) is 5.75 Å². The molecule has 0 saturated carbocycles. The molecule has 2 aromatic heterocycles. The van der Waals surface area contributed by atoms with E-state index in [-0.39, 0.29) is 11.3 Å². The van der Waals surface area contributed by atoms with Crippen LogP contribution in [0, 0.1) is 29.5 Å². The van der Waals surface area contributed by atoms with Crippen LogP contribution in [0.1, 0.15) is 40.2 Å². The van der Waals surface area contributed by atoms with Gasteiger partial charge in [0.25, 0.3) is 0 Å². The molecule has 0 bridgehead atoms. The lowest BCUT2D eigenvalue weighted by Crippen LogP contribution is -2.59. The van der Waals surface area contributed by atoms with Crippen molar-refractivity contribution in [3.05, 3.63) is 69.6 Å². The van der Waals surface area contributed by atoms with Crippen LogP contribution in [0.4, 0.5) is 10.2 Å². The van der Waals surface area contributed by atoms with Gasteiger partial charge in [-0.3, -0.25) is 4.79 Å². The number of halogens is 1. The SMILES string of the molecule is C=CC(=O)N1CC2(CCN(c3nc4c(c(-c5cccc(F)c5O)c3C#N)CCC(c3scnc3C)=C4)C2)C1. The maximum Gasteiger partial charge on any atom is 0.245 e. The topological polar surface area (TPSA) is 93.4 Å². The number of aromatic nitrogens is 2.